The summed E-state index contributed by atoms with van der Waals surface area (Å²) >= 11 is 1.83. The van der Waals surface area contributed by atoms with Crippen molar-refractivity contribution >= 4 is 11.8 Å². The molecule has 0 atom stereocenters. The van der Waals surface area contributed by atoms with Gasteiger partial charge in [-0.1, -0.05) is 6.92 Å². The van der Waals surface area contributed by atoms with Gasteiger partial charge in [-0.3, -0.25) is 6.08 Å². The molecule has 0 bridgehead atoms. The van der Waals surface area contributed by atoms with E-state index in [9.17, 15) is 0 Å². The molecule has 0 saturated heterocycles. The lowest BCUT2D eigenvalue weighted by atomic mass is 10.8. The van der Waals surface area contributed by atoms with E-state index >= 15 is 0 Å². The Bertz CT molecular complexity index is 32.9. The summed E-state index contributed by atoms with van der Waals surface area (Å²) in [5.74, 6) is 2.14. The van der Waals surface area contributed by atoms with Crippen molar-refractivity contribution in [3.05, 3.63) is 12.7 Å². The molecule has 0 fully saturated rings. The largest absolute Gasteiger partial charge is 0.517 e. The van der Waals surface area contributed by atoms with Gasteiger partial charge in [0, 0.05) is 0 Å². The smallest absolute Gasteiger partial charge is 0.00939 e. The Kier molecular flexibility index (Phi) is 5.17. The van der Waals surface area contributed by atoms with Crippen molar-refractivity contribution in [1.29, 1.82) is 0 Å². The van der Waals surface area contributed by atoms with Crippen molar-refractivity contribution in [2.45, 2.75) is 6.92 Å². The third-order valence-electron chi connectivity index (χ3n) is 0.418. The van der Waals surface area contributed by atoms with Gasteiger partial charge in [-0.25, -0.2) is 0 Å². The molecule has 1 heteroatoms. The summed E-state index contributed by atoms with van der Waals surface area (Å²) < 4.78 is 0. The number of rotatable bonds is 3. The molecule has 0 aromatic rings. The molecule has 6 heavy (non-hydrogen) atoms. The second-order valence-electron chi connectivity index (χ2n) is 0.895. The molecule has 0 aliphatic heterocycles. The molecular weight excluding hydrogens is 92.1 g/mol. The monoisotopic (exact) mass is 101 g/mol. The van der Waals surface area contributed by atoms with Gasteiger partial charge in [0.15, 0.2) is 0 Å². The molecule has 0 heterocycles. The van der Waals surface area contributed by atoms with Crippen LogP contribution in [0.1, 0.15) is 6.92 Å². The zero-order valence-corrected chi connectivity index (χ0v) is 4.79. The van der Waals surface area contributed by atoms with Crippen molar-refractivity contribution in [3.63, 3.8) is 0 Å². The van der Waals surface area contributed by atoms with Crippen LogP contribution in [0.3, 0.4) is 0 Å². The van der Waals surface area contributed by atoms with Crippen LogP contribution in [-0.2, 0) is 0 Å². The predicted molar refractivity (Wildman–Crippen MR) is 31.9 cm³/mol. The summed E-state index contributed by atoms with van der Waals surface area (Å²) in [5, 5.41) is 0. The molecule has 0 saturated carbocycles. The lowest BCUT2D eigenvalue weighted by Crippen LogP contribution is -1.67. The summed E-state index contributed by atoms with van der Waals surface area (Å²) in [5.41, 5.74) is 0. The quantitative estimate of drug-likeness (QED) is 0.385. The van der Waals surface area contributed by atoms with E-state index in [2.05, 4.69) is 6.92 Å². The van der Waals surface area contributed by atoms with Gasteiger partial charge in [0.25, 0.3) is 0 Å². The standard InChI is InChI=1S/C5H9S/c1-3-5-6-4-2/h1,3H,4-5H2,2H3/q-1. The summed E-state index contributed by atoms with van der Waals surface area (Å²) in [7, 11) is 0. The van der Waals surface area contributed by atoms with Crippen molar-refractivity contribution in [1.82, 2.24) is 0 Å². The Morgan fingerprint density at radius 1 is 1.83 bits per heavy atom. The molecule has 0 amide bonds. The van der Waals surface area contributed by atoms with Crippen LogP contribution in [0.5, 0.6) is 0 Å². The molecule has 0 aliphatic rings. The third-order valence-corrected chi connectivity index (χ3v) is 1.25. The maximum atomic E-state index is 5.07. The maximum absolute atomic E-state index is 5.07. The van der Waals surface area contributed by atoms with Crippen molar-refractivity contribution < 1.29 is 0 Å². The minimum absolute atomic E-state index is 0.983. The molecule has 0 rings (SSSR count). The normalized spacial score (nSPS) is 8.17. The van der Waals surface area contributed by atoms with Gasteiger partial charge in [-0.2, -0.15) is 11.8 Å². The van der Waals surface area contributed by atoms with E-state index in [4.69, 9.17) is 6.58 Å². The van der Waals surface area contributed by atoms with E-state index in [-0.39, 0.29) is 0 Å². The van der Waals surface area contributed by atoms with Crippen molar-refractivity contribution in [2.24, 2.45) is 0 Å². The Hall–Kier alpha value is 0.0900. The summed E-state index contributed by atoms with van der Waals surface area (Å²) in [4.78, 5) is 0. The second kappa shape index (κ2) is 5.09. The van der Waals surface area contributed by atoms with E-state index in [0.717, 1.165) is 11.5 Å². The maximum Gasteiger partial charge on any atom is -0.00939 e. The summed E-state index contributed by atoms with van der Waals surface area (Å²) in [6.07, 6.45) is 1.67. The van der Waals surface area contributed by atoms with E-state index in [1.165, 1.54) is 0 Å². The minimum atomic E-state index is 0.983. The van der Waals surface area contributed by atoms with Gasteiger partial charge in [0.05, 0.1) is 0 Å². The lowest BCUT2D eigenvalue weighted by Gasteiger charge is -1.87. The first-order valence-corrected chi connectivity index (χ1v) is 3.18. The van der Waals surface area contributed by atoms with Crippen LogP contribution >= 0.6 is 11.8 Å². The van der Waals surface area contributed by atoms with Crippen LogP contribution in [0.4, 0.5) is 0 Å². The fourth-order valence-corrected chi connectivity index (χ4v) is 0.558. The van der Waals surface area contributed by atoms with Gasteiger partial charge in [0.1, 0.15) is 0 Å². The highest BCUT2D eigenvalue weighted by molar-refractivity contribution is 7.99. The lowest BCUT2D eigenvalue weighted by molar-refractivity contribution is 1.52. The van der Waals surface area contributed by atoms with Gasteiger partial charge >= 0.3 is 0 Å². The van der Waals surface area contributed by atoms with Crippen molar-refractivity contribution in [3.8, 4) is 0 Å². The van der Waals surface area contributed by atoms with Crippen LogP contribution in [0, 0.1) is 6.58 Å². The molecule has 0 aromatic heterocycles. The SMILES string of the molecule is [CH-]=CCSCC. The van der Waals surface area contributed by atoms with Gasteiger partial charge in [-0.05, 0) is 11.5 Å². The fraction of sp³-hybridized carbons (Fsp3) is 0.600. The molecule has 0 N–H and O–H groups in total. The molecule has 0 unspecified atom stereocenters. The Labute approximate surface area is 43.6 Å². The Morgan fingerprint density at radius 3 is 2.67 bits per heavy atom. The van der Waals surface area contributed by atoms with E-state index < -0.39 is 0 Å². The molecule has 36 valence electrons. The molecule has 0 nitrogen and oxygen atoms in total. The van der Waals surface area contributed by atoms with Crippen LogP contribution in [0.15, 0.2) is 6.08 Å². The first kappa shape index (κ1) is 6.09. The number of hydrogen-bond donors (Lipinski definition) is 0. The van der Waals surface area contributed by atoms with E-state index in [1.807, 2.05) is 11.8 Å². The zero-order valence-electron chi connectivity index (χ0n) is 3.98. The van der Waals surface area contributed by atoms with Crippen LogP contribution in [-0.4, -0.2) is 11.5 Å². The van der Waals surface area contributed by atoms with E-state index in [0.29, 0.717) is 0 Å². The highest BCUT2D eigenvalue weighted by atomic mass is 32.2. The first-order chi connectivity index (χ1) is 2.91. The van der Waals surface area contributed by atoms with Crippen LogP contribution in [0.2, 0.25) is 0 Å². The summed E-state index contributed by atoms with van der Waals surface area (Å²) in [6, 6.07) is 0. The van der Waals surface area contributed by atoms with Gasteiger partial charge in [0.2, 0.25) is 0 Å². The molecule has 0 aromatic carbocycles. The van der Waals surface area contributed by atoms with Crippen molar-refractivity contribution in [2.75, 3.05) is 11.5 Å². The molecule has 0 radical (unpaired) electrons. The third kappa shape index (κ3) is 4.09. The Balaban J connectivity index is 2.49. The minimum Gasteiger partial charge on any atom is -0.517 e. The highest BCUT2D eigenvalue weighted by Gasteiger charge is 1.67. The second-order valence-corrected chi connectivity index (χ2v) is 2.21. The zero-order chi connectivity index (χ0) is 4.83. The van der Waals surface area contributed by atoms with Gasteiger partial charge in [-0.15, -0.1) is 0 Å². The number of thioether (sulfide) groups is 1. The number of hydrogen-bond acceptors (Lipinski definition) is 1. The predicted octanol–water partition coefficient (Wildman–Crippen LogP) is 1.73. The summed E-state index contributed by atoms with van der Waals surface area (Å²) in [6.45, 7) is 7.19. The average Bonchev–Trinajstić information content (AvgIpc) is 1.61. The highest BCUT2D eigenvalue weighted by Crippen LogP contribution is 1.95. The fourth-order valence-electron chi connectivity index (χ4n) is 0.186. The average molecular weight is 101 g/mol. The van der Waals surface area contributed by atoms with E-state index in [1.54, 1.807) is 6.08 Å². The molecular formula is C5H9S-. The van der Waals surface area contributed by atoms with Crippen LogP contribution < -0.4 is 0 Å². The van der Waals surface area contributed by atoms with Gasteiger partial charge < -0.3 is 6.58 Å². The molecule has 0 spiro atoms. The topological polar surface area (TPSA) is 0 Å². The first-order valence-electron chi connectivity index (χ1n) is 2.03. The molecule has 0 aliphatic carbocycles. The Morgan fingerprint density at radius 2 is 2.50 bits per heavy atom. The van der Waals surface area contributed by atoms with Crippen LogP contribution in [0.25, 0.3) is 0 Å².